The predicted octanol–water partition coefficient (Wildman–Crippen LogP) is 3.14. The maximum atomic E-state index is 12.0. The minimum absolute atomic E-state index is 0.0494. The predicted molar refractivity (Wildman–Crippen MR) is 95.7 cm³/mol. The molecule has 0 aliphatic heterocycles. The molecule has 0 aliphatic rings. The van der Waals surface area contributed by atoms with Crippen molar-refractivity contribution in [2.75, 3.05) is 5.32 Å². The normalized spacial score (nSPS) is 11.8. The molecule has 0 aliphatic carbocycles. The minimum Gasteiger partial charge on any atom is -0.453 e. The smallest absolute Gasteiger partial charge is 0.307 e. The van der Waals surface area contributed by atoms with E-state index in [-0.39, 0.29) is 18.7 Å². The molecule has 8 heteroatoms. The topological polar surface area (TPSA) is 107 Å². The molecule has 2 aromatic heterocycles. The fraction of sp³-hybridized carbons (Fsp3) is 0.263. The van der Waals surface area contributed by atoms with Crippen LogP contribution in [0.4, 0.5) is 5.88 Å². The lowest BCUT2D eigenvalue weighted by Gasteiger charge is -2.11. The minimum atomic E-state index is -0.965. The molecule has 1 atom stereocenters. The maximum absolute atomic E-state index is 12.0. The maximum Gasteiger partial charge on any atom is 0.307 e. The number of carbonyl (C=O) groups excluding carboxylic acids is 2. The number of oxazole rings is 1. The number of ether oxygens (including phenoxy) is 1. The summed E-state index contributed by atoms with van der Waals surface area (Å²) in [7, 11) is 0. The number of nitrogens with one attached hydrogen (secondary N) is 1. The van der Waals surface area contributed by atoms with Crippen LogP contribution in [-0.2, 0) is 20.7 Å². The van der Waals surface area contributed by atoms with Crippen LogP contribution in [0.15, 0.2) is 51.5 Å². The molecule has 1 unspecified atom stereocenters. The van der Waals surface area contributed by atoms with Crippen molar-refractivity contribution in [1.82, 2.24) is 10.1 Å². The van der Waals surface area contributed by atoms with Crippen molar-refractivity contribution in [1.29, 1.82) is 0 Å². The molecule has 1 aromatic carbocycles. The number of nitrogens with zero attached hydrogens (tertiary/aromatic N) is 2. The molecular weight excluding hydrogens is 350 g/mol. The van der Waals surface area contributed by atoms with E-state index in [9.17, 15) is 9.59 Å². The fourth-order valence-corrected chi connectivity index (χ4v) is 2.33. The summed E-state index contributed by atoms with van der Waals surface area (Å²) in [6.07, 6.45) is 0.980. The van der Waals surface area contributed by atoms with Crippen molar-refractivity contribution in [3.05, 3.63) is 54.2 Å². The Morgan fingerprint density at radius 3 is 2.74 bits per heavy atom. The van der Waals surface area contributed by atoms with Gasteiger partial charge in [-0.2, -0.15) is 0 Å². The Hall–Kier alpha value is -3.42. The molecule has 1 amide bonds. The number of rotatable bonds is 7. The quantitative estimate of drug-likeness (QED) is 0.637. The molecule has 0 radical (unpaired) electrons. The Morgan fingerprint density at radius 1 is 1.26 bits per heavy atom. The Balaban J connectivity index is 1.46. The first-order valence-corrected chi connectivity index (χ1v) is 8.45. The van der Waals surface area contributed by atoms with Crippen molar-refractivity contribution in [2.24, 2.45) is 0 Å². The highest BCUT2D eigenvalue weighted by molar-refractivity contribution is 5.94. The van der Waals surface area contributed by atoms with E-state index in [1.54, 1.807) is 19.2 Å². The van der Waals surface area contributed by atoms with E-state index in [0.29, 0.717) is 17.3 Å². The van der Waals surface area contributed by atoms with Crippen LogP contribution in [0.3, 0.4) is 0 Å². The molecule has 1 N–H and O–H groups in total. The fourth-order valence-electron chi connectivity index (χ4n) is 2.33. The van der Waals surface area contributed by atoms with Gasteiger partial charge in [0.25, 0.3) is 5.91 Å². The molecule has 27 heavy (non-hydrogen) atoms. The van der Waals surface area contributed by atoms with Crippen LogP contribution >= 0.6 is 0 Å². The summed E-state index contributed by atoms with van der Waals surface area (Å²) in [5.74, 6) is 0.246. The van der Waals surface area contributed by atoms with Crippen LogP contribution in [0.1, 0.15) is 24.9 Å². The van der Waals surface area contributed by atoms with E-state index in [1.165, 1.54) is 6.92 Å². The van der Waals surface area contributed by atoms with Gasteiger partial charge in [0.05, 0.1) is 18.3 Å². The molecule has 0 saturated carbocycles. The lowest BCUT2D eigenvalue weighted by molar-refractivity contribution is -0.153. The molecule has 0 bridgehead atoms. The number of carbonyl (C=O) groups is 2. The summed E-state index contributed by atoms with van der Waals surface area (Å²) in [4.78, 5) is 28.1. The zero-order chi connectivity index (χ0) is 19.2. The average Bonchev–Trinajstić information content (AvgIpc) is 3.29. The van der Waals surface area contributed by atoms with E-state index < -0.39 is 18.0 Å². The highest BCUT2D eigenvalue weighted by Gasteiger charge is 2.19. The molecule has 3 aromatic rings. The molecule has 2 heterocycles. The molecule has 8 nitrogen and oxygen atoms in total. The van der Waals surface area contributed by atoms with E-state index in [1.807, 2.05) is 30.3 Å². The lowest BCUT2D eigenvalue weighted by atomic mass is 10.2. The Labute approximate surface area is 155 Å². The number of hydrogen-bond donors (Lipinski definition) is 1. The largest absolute Gasteiger partial charge is 0.453 e. The van der Waals surface area contributed by atoms with Crippen molar-refractivity contribution in [2.45, 2.75) is 32.8 Å². The van der Waals surface area contributed by atoms with Crippen molar-refractivity contribution in [3.63, 3.8) is 0 Å². The van der Waals surface area contributed by atoms with Gasteiger partial charge < -0.3 is 13.7 Å². The van der Waals surface area contributed by atoms with Gasteiger partial charge in [-0.15, -0.1) is 0 Å². The summed E-state index contributed by atoms with van der Waals surface area (Å²) < 4.78 is 15.6. The Bertz CT molecular complexity index is 916. The number of hydrogen-bond acceptors (Lipinski definition) is 7. The van der Waals surface area contributed by atoms with Crippen molar-refractivity contribution >= 4 is 17.8 Å². The molecule has 0 fully saturated rings. The number of amides is 1. The van der Waals surface area contributed by atoms with Gasteiger partial charge in [0, 0.05) is 18.1 Å². The van der Waals surface area contributed by atoms with Gasteiger partial charge >= 0.3 is 5.97 Å². The summed E-state index contributed by atoms with van der Waals surface area (Å²) in [5.41, 5.74) is 1.54. The van der Waals surface area contributed by atoms with Crippen LogP contribution < -0.4 is 5.32 Å². The molecule has 0 saturated heterocycles. The van der Waals surface area contributed by atoms with E-state index in [4.69, 9.17) is 13.7 Å². The van der Waals surface area contributed by atoms with Crippen LogP contribution in [0, 0.1) is 6.92 Å². The van der Waals surface area contributed by atoms with Crippen LogP contribution in [0.25, 0.3) is 11.3 Å². The van der Waals surface area contributed by atoms with Gasteiger partial charge in [-0.3, -0.25) is 14.9 Å². The standard InChI is InChI=1S/C19H19N3O5/c1-12-10-17(27-22-12)21-19(24)13(2)25-18(23)9-8-16-20-11-15(26-16)14-6-4-3-5-7-14/h3-7,10-11,13H,8-9H2,1-2H3,(H,21,24). The van der Waals surface area contributed by atoms with E-state index in [2.05, 4.69) is 15.5 Å². The van der Waals surface area contributed by atoms with Crippen LogP contribution in [-0.4, -0.2) is 28.1 Å². The summed E-state index contributed by atoms with van der Waals surface area (Å²) in [5, 5.41) is 6.15. The van der Waals surface area contributed by atoms with Crippen molar-refractivity contribution < 1.29 is 23.3 Å². The van der Waals surface area contributed by atoms with Gasteiger partial charge in [0.1, 0.15) is 0 Å². The first-order valence-electron chi connectivity index (χ1n) is 8.45. The third-order valence-electron chi connectivity index (χ3n) is 3.71. The van der Waals surface area contributed by atoms with Crippen molar-refractivity contribution in [3.8, 4) is 11.3 Å². The van der Waals surface area contributed by atoms with Gasteiger partial charge in [0.15, 0.2) is 17.8 Å². The first-order chi connectivity index (χ1) is 13.0. The monoisotopic (exact) mass is 369 g/mol. The number of anilines is 1. The number of esters is 1. The number of benzene rings is 1. The summed E-state index contributed by atoms with van der Waals surface area (Å²) in [6.45, 7) is 3.21. The molecule has 140 valence electrons. The molecule has 3 rings (SSSR count). The van der Waals surface area contributed by atoms with E-state index >= 15 is 0 Å². The Morgan fingerprint density at radius 2 is 2.04 bits per heavy atom. The number of aromatic nitrogens is 2. The van der Waals surface area contributed by atoms with Gasteiger partial charge in [-0.25, -0.2) is 4.98 Å². The zero-order valence-electron chi connectivity index (χ0n) is 15.0. The van der Waals surface area contributed by atoms with Gasteiger partial charge in [-0.05, 0) is 13.8 Å². The molecular formula is C19H19N3O5. The second-order valence-electron chi connectivity index (χ2n) is 5.94. The lowest BCUT2D eigenvalue weighted by Crippen LogP contribution is -2.29. The third-order valence-corrected chi connectivity index (χ3v) is 3.71. The van der Waals surface area contributed by atoms with Crippen LogP contribution in [0.5, 0.6) is 0 Å². The molecule has 0 spiro atoms. The Kier molecular flexibility index (Phi) is 5.65. The highest BCUT2D eigenvalue weighted by atomic mass is 16.5. The second-order valence-corrected chi connectivity index (χ2v) is 5.94. The van der Waals surface area contributed by atoms with Gasteiger partial charge in [-0.1, -0.05) is 35.5 Å². The van der Waals surface area contributed by atoms with Gasteiger partial charge in [0.2, 0.25) is 5.88 Å². The summed E-state index contributed by atoms with van der Waals surface area (Å²) in [6, 6.07) is 11.1. The summed E-state index contributed by atoms with van der Waals surface area (Å²) >= 11 is 0. The zero-order valence-corrected chi connectivity index (χ0v) is 15.0. The third kappa shape index (κ3) is 5.04. The second kappa shape index (κ2) is 8.31. The highest BCUT2D eigenvalue weighted by Crippen LogP contribution is 2.20. The SMILES string of the molecule is Cc1cc(NC(=O)C(C)OC(=O)CCc2ncc(-c3ccccc3)o2)on1. The van der Waals surface area contributed by atoms with E-state index in [0.717, 1.165) is 5.56 Å². The first kappa shape index (κ1) is 18.4. The average molecular weight is 369 g/mol. The number of aryl methyl sites for hydroxylation is 2. The van der Waals surface area contributed by atoms with Crippen LogP contribution in [0.2, 0.25) is 0 Å².